The van der Waals surface area contributed by atoms with Gasteiger partial charge in [-0.3, -0.25) is 9.69 Å². The van der Waals surface area contributed by atoms with Crippen LogP contribution in [0.4, 0.5) is 0 Å². The number of nitrogens with one attached hydrogen (secondary N) is 1. The zero-order valence-corrected chi connectivity index (χ0v) is 24.5. The summed E-state index contributed by atoms with van der Waals surface area (Å²) in [6.07, 6.45) is 22.6. The summed E-state index contributed by atoms with van der Waals surface area (Å²) < 4.78 is 0. The Labute approximate surface area is 234 Å². The Morgan fingerprint density at radius 2 is 0.974 bits per heavy atom. The topological polar surface area (TPSA) is 32.3 Å². The second-order valence-corrected chi connectivity index (χ2v) is 11.1. The van der Waals surface area contributed by atoms with Crippen molar-refractivity contribution >= 4 is 5.91 Å². The summed E-state index contributed by atoms with van der Waals surface area (Å²) in [5.41, 5.74) is 2.58. The number of hydrogen-bond donors (Lipinski definition) is 1. The first-order valence-electron chi connectivity index (χ1n) is 15.8. The zero-order valence-electron chi connectivity index (χ0n) is 24.5. The average molecular weight is 521 g/mol. The van der Waals surface area contributed by atoms with Crippen LogP contribution in [0.1, 0.15) is 127 Å². The lowest BCUT2D eigenvalue weighted by molar-refractivity contribution is -0.121. The molecule has 0 heterocycles. The van der Waals surface area contributed by atoms with E-state index in [2.05, 4.69) is 77.8 Å². The Balaban J connectivity index is 1.44. The first-order chi connectivity index (χ1) is 18.8. The van der Waals surface area contributed by atoms with Crippen LogP contribution >= 0.6 is 0 Å². The largest absolute Gasteiger partial charge is 0.356 e. The third-order valence-corrected chi connectivity index (χ3v) is 7.51. The molecule has 0 aliphatic heterocycles. The van der Waals surface area contributed by atoms with E-state index < -0.39 is 0 Å². The normalized spacial score (nSPS) is 11.2. The molecule has 2 aromatic carbocycles. The number of rotatable bonds is 24. The van der Waals surface area contributed by atoms with Crippen molar-refractivity contribution in [2.75, 3.05) is 13.1 Å². The van der Waals surface area contributed by atoms with E-state index in [1.807, 2.05) is 0 Å². The highest BCUT2D eigenvalue weighted by molar-refractivity contribution is 5.76. The highest BCUT2D eigenvalue weighted by Crippen LogP contribution is 2.14. The highest BCUT2D eigenvalue weighted by atomic mass is 16.1. The molecule has 0 saturated heterocycles. The molecule has 0 aromatic heterocycles. The van der Waals surface area contributed by atoms with Crippen molar-refractivity contribution in [2.24, 2.45) is 0 Å². The van der Waals surface area contributed by atoms with Crippen LogP contribution in [0.3, 0.4) is 0 Å². The van der Waals surface area contributed by atoms with Gasteiger partial charge in [-0.05, 0) is 17.5 Å². The summed E-state index contributed by atoms with van der Waals surface area (Å²) in [6.45, 7) is 5.60. The van der Waals surface area contributed by atoms with Gasteiger partial charge in [0.15, 0.2) is 0 Å². The van der Waals surface area contributed by atoms with Gasteiger partial charge in [-0.2, -0.15) is 0 Å². The molecule has 0 unspecified atom stereocenters. The Morgan fingerprint density at radius 3 is 1.39 bits per heavy atom. The van der Waals surface area contributed by atoms with Gasteiger partial charge in [-0.15, -0.1) is 0 Å². The summed E-state index contributed by atoms with van der Waals surface area (Å²) in [5.74, 6) is 0.178. The van der Waals surface area contributed by atoms with E-state index >= 15 is 0 Å². The van der Waals surface area contributed by atoms with Gasteiger partial charge in [0.05, 0.1) is 0 Å². The molecule has 0 saturated carbocycles. The second-order valence-electron chi connectivity index (χ2n) is 11.1. The number of hydrogen-bond acceptors (Lipinski definition) is 2. The maximum Gasteiger partial charge on any atom is 0.221 e. The minimum atomic E-state index is 0.178. The maximum absolute atomic E-state index is 12.5. The van der Waals surface area contributed by atoms with Crippen LogP contribution in [-0.2, 0) is 17.9 Å². The van der Waals surface area contributed by atoms with E-state index in [1.54, 1.807) is 0 Å². The van der Waals surface area contributed by atoms with Crippen LogP contribution in [0.25, 0.3) is 0 Å². The molecule has 1 amide bonds. The van der Waals surface area contributed by atoms with Gasteiger partial charge < -0.3 is 5.32 Å². The van der Waals surface area contributed by atoms with Crippen molar-refractivity contribution in [3.8, 4) is 0 Å². The predicted molar refractivity (Wildman–Crippen MR) is 164 cm³/mol. The Morgan fingerprint density at radius 1 is 0.579 bits per heavy atom. The number of unbranched alkanes of at least 4 members (excludes halogenated alkanes) is 15. The summed E-state index contributed by atoms with van der Waals surface area (Å²) in [4.78, 5) is 14.8. The molecule has 1 N–H and O–H groups in total. The summed E-state index contributed by atoms with van der Waals surface area (Å²) in [5, 5.41) is 3.15. The summed E-state index contributed by atoms with van der Waals surface area (Å²) in [6, 6.07) is 21.1. The van der Waals surface area contributed by atoms with Crippen LogP contribution in [0.5, 0.6) is 0 Å². The molecule has 0 aliphatic carbocycles. The lowest BCUT2D eigenvalue weighted by Crippen LogP contribution is -2.31. The number of amides is 1. The van der Waals surface area contributed by atoms with Crippen molar-refractivity contribution < 1.29 is 4.79 Å². The molecule has 2 aromatic rings. The summed E-state index contributed by atoms with van der Waals surface area (Å²) >= 11 is 0. The standard InChI is InChI=1S/C35H56N2O/c1-2-3-4-5-6-7-8-9-10-11-12-13-14-15-16-23-29-36-35(38)28-30-37(31-33-24-19-17-20-25-33)32-34-26-21-18-22-27-34/h17-22,24-27H,2-16,23,28-32H2,1H3,(H,36,38). The molecule has 0 atom stereocenters. The van der Waals surface area contributed by atoms with Gasteiger partial charge in [-0.25, -0.2) is 0 Å². The molecule has 0 radical (unpaired) electrons. The van der Waals surface area contributed by atoms with Gasteiger partial charge in [0.25, 0.3) is 0 Å². The van der Waals surface area contributed by atoms with E-state index in [0.717, 1.165) is 32.6 Å². The van der Waals surface area contributed by atoms with Crippen LogP contribution in [0, 0.1) is 0 Å². The van der Waals surface area contributed by atoms with Crippen molar-refractivity contribution in [1.29, 1.82) is 0 Å². The van der Waals surface area contributed by atoms with E-state index in [9.17, 15) is 4.79 Å². The molecular formula is C35H56N2O. The van der Waals surface area contributed by atoms with Crippen LogP contribution < -0.4 is 5.32 Å². The van der Waals surface area contributed by atoms with Crippen molar-refractivity contribution in [1.82, 2.24) is 10.2 Å². The van der Waals surface area contributed by atoms with Crippen molar-refractivity contribution in [3.63, 3.8) is 0 Å². The molecule has 0 fully saturated rings. The number of carbonyl (C=O) groups is 1. The first kappa shape index (κ1) is 32.1. The molecule has 0 aliphatic rings. The van der Waals surface area contributed by atoms with E-state index in [4.69, 9.17) is 0 Å². The number of benzene rings is 2. The lowest BCUT2D eigenvalue weighted by Gasteiger charge is -2.22. The smallest absolute Gasteiger partial charge is 0.221 e. The second kappa shape index (κ2) is 22.8. The lowest BCUT2D eigenvalue weighted by atomic mass is 10.0. The first-order valence-corrected chi connectivity index (χ1v) is 15.8. The van der Waals surface area contributed by atoms with Crippen LogP contribution in [0.2, 0.25) is 0 Å². The van der Waals surface area contributed by atoms with Gasteiger partial charge in [0, 0.05) is 32.6 Å². The van der Waals surface area contributed by atoms with Gasteiger partial charge in [0.1, 0.15) is 0 Å². The van der Waals surface area contributed by atoms with Crippen LogP contribution in [-0.4, -0.2) is 23.9 Å². The Hall–Kier alpha value is -2.13. The van der Waals surface area contributed by atoms with Gasteiger partial charge in [0.2, 0.25) is 5.91 Å². The molecule has 212 valence electrons. The van der Waals surface area contributed by atoms with E-state index in [-0.39, 0.29) is 5.91 Å². The third kappa shape index (κ3) is 17.4. The fourth-order valence-corrected chi connectivity index (χ4v) is 5.15. The molecule has 0 bridgehead atoms. The third-order valence-electron chi connectivity index (χ3n) is 7.51. The molecule has 0 spiro atoms. The van der Waals surface area contributed by atoms with Crippen LogP contribution in [0.15, 0.2) is 60.7 Å². The number of nitrogens with zero attached hydrogens (tertiary/aromatic N) is 1. The van der Waals surface area contributed by atoms with Crippen molar-refractivity contribution in [3.05, 3.63) is 71.8 Å². The minimum Gasteiger partial charge on any atom is -0.356 e. The predicted octanol–water partition coefficient (Wildman–Crippen LogP) is 9.46. The summed E-state index contributed by atoms with van der Waals surface area (Å²) in [7, 11) is 0. The van der Waals surface area contributed by atoms with Crippen molar-refractivity contribution in [2.45, 2.75) is 129 Å². The monoisotopic (exact) mass is 520 g/mol. The molecule has 3 heteroatoms. The molecular weight excluding hydrogens is 464 g/mol. The Bertz CT molecular complexity index is 751. The molecule has 2 rings (SSSR count). The highest BCUT2D eigenvalue weighted by Gasteiger charge is 2.10. The maximum atomic E-state index is 12.5. The fourth-order valence-electron chi connectivity index (χ4n) is 5.15. The SMILES string of the molecule is CCCCCCCCCCCCCCCCCCNC(=O)CCN(Cc1ccccc1)Cc1ccccc1. The Kier molecular flexibility index (Phi) is 19.3. The van der Waals surface area contributed by atoms with E-state index in [0.29, 0.717) is 6.42 Å². The molecule has 38 heavy (non-hydrogen) atoms. The number of carbonyl (C=O) groups excluding carboxylic acids is 1. The van der Waals surface area contributed by atoms with Gasteiger partial charge >= 0.3 is 0 Å². The average Bonchev–Trinajstić information content (AvgIpc) is 2.94. The molecule has 3 nitrogen and oxygen atoms in total. The van der Waals surface area contributed by atoms with Gasteiger partial charge in [-0.1, -0.05) is 164 Å². The minimum absolute atomic E-state index is 0.178. The fraction of sp³-hybridized carbons (Fsp3) is 0.629. The quantitative estimate of drug-likeness (QED) is 0.140. The van der Waals surface area contributed by atoms with E-state index in [1.165, 1.54) is 107 Å². The zero-order chi connectivity index (χ0) is 26.9.